The molecule has 1 fully saturated rings. The Morgan fingerprint density at radius 1 is 1.24 bits per heavy atom. The average Bonchev–Trinajstić information content (AvgIpc) is 2.56. The molecule has 1 aliphatic rings. The zero-order valence-corrected chi connectivity index (χ0v) is 14.2. The van der Waals surface area contributed by atoms with Gasteiger partial charge in [-0.3, -0.25) is 0 Å². The predicted octanol–water partition coefficient (Wildman–Crippen LogP) is 4.48. The van der Waals surface area contributed by atoms with Crippen molar-refractivity contribution in [1.82, 2.24) is 0 Å². The average molecular weight is 291 g/mol. The lowest BCUT2D eigenvalue weighted by molar-refractivity contribution is -0.0662. The lowest BCUT2D eigenvalue weighted by atomic mass is 9.94. The van der Waals surface area contributed by atoms with Crippen LogP contribution in [0.3, 0.4) is 0 Å². The zero-order chi connectivity index (χ0) is 15.7. The van der Waals surface area contributed by atoms with E-state index in [1.165, 1.54) is 0 Å². The van der Waals surface area contributed by atoms with Crippen LogP contribution in [-0.2, 0) is 4.74 Å². The van der Waals surface area contributed by atoms with Crippen LogP contribution in [0.25, 0.3) is 0 Å². The monoisotopic (exact) mass is 291 g/mol. The maximum atomic E-state index is 6.16. The molecule has 0 radical (unpaired) electrons. The van der Waals surface area contributed by atoms with E-state index >= 15 is 0 Å². The van der Waals surface area contributed by atoms with Crippen LogP contribution < -0.4 is 10.1 Å². The van der Waals surface area contributed by atoms with Gasteiger partial charge in [0.15, 0.2) is 0 Å². The number of anilines is 1. The number of nitrogens with one attached hydrogen (secondary N) is 1. The second kappa shape index (κ2) is 5.88. The van der Waals surface area contributed by atoms with Crippen molar-refractivity contribution in [2.24, 2.45) is 5.92 Å². The van der Waals surface area contributed by atoms with E-state index in [1.807, 2.05) is 18.2 Å². The molecule has 3 heteroatoms. The van der Waals surface area contributed by atoms with Crippen molar-refractivity contribution in [3.63, 3.8) is 0 Å². The molecule has 2 rings (SSSR count). The Bertz CT molecular complexity index is 480. The van der Waals surface area contributed by atoms with Gasteiger partial charge >= 0.3 is 0 Å². The molecule has 1 atom stereocenters. The second-order valence-corrected chi connectivity index (χ2v) is 7.57. The van der Waals surface area contributed by atoms with Gasteiger partial charge < -0.3 is 14.8 Å². The molecule has 21 heavy (non-hydrogen) atoms. The molecular weight excluding hydrogens is 262 g/mol. The van der Waals surface area contributed by atoms with Crippen molar-refractivity contribution < 1.29 is 9.47 Å². The maximum absolute atomic E-state index is 6.16. The number of rotatable bonds is 5. The number of hydrogen-bond acceptors (Lipinski definition) is 3. The highest BCUT2D eigenvalue weighted by atomic mass is 16.5. The topological polar surface area (TPSA) is 30.5 Å². The number of ether oxygens (including phenoxy) is 2. The third-order valence-corrected chi connectivity index (χ3v) is 3.86. The smallest absolute Gasteiger partial charge is 0.142 e. The van der Waals surface area contributed by atoms with Gasteiger partial charge in [-0.25, -0.2) is 0 Å². The molecule has 0 aromatic heterocycles. The molecule has 118 valence electrons. The summed E-state index contributed by atoms with van der Waals surface area (Å²) in [6, 6.07) is 8.44. The van der Waals surface area contributed by atoms with Crippen molar-refractivity contribution in [3.05, 3.63) is 24.3 Å². The summed E-state index contributed by atoms with van der Waals surface area (Å²) in [5, 5.41) is 3.63. The van der Waals surface area contributed by atoms with Gasteiger partial charge in [0.05, 0.1) is 29.5 Å². The standard InChI is InChI=1S/C18H29NO2/c1-13(2)12-20-15-10-8-7-9-14(15)19-16-11-17(3,4)21-18(16,5)6/h7-10,13,16,19H,11-12H2,1-6H3. The van der Waals surface area contributed by atoms with E-state index in [9.17, 15) is 0 Å². The molecule has 1 heterocycles. The predicted molar refractivity (Wildman–Crippen MR) is 88.0 cm³/mol. The van der Waals surface area contributed by atoms with E-state index in [0.717, 1.165) is 24.5 Å². The zero-order valence-electron chi connectivity index (χ0n) is 14.2. The Morgan fingerprint density at radius 3 is 2.48 bits per heavy atom. The summed E-state index contributed by atoms with van der Waals surface area (Å²) >= 11 is 0. The van der Waals surface area contributed by atoms with Gasteiger partial charge in [0, 0.05) is 0 Å². The maximum Gasteiger partial charge on any atom is 0.142 e. The van der Waals surface area contributed by atoms with E-state index in [0.29, 0.717) is 5.92 Å². The highest BCUT2D eigenvalue weighted by Gasteiger charge is 2.46. The van der Waals surface area contributed by atoms with E-state index in [4.69, 9.17) is 9.47 Å². The third-order valence-electron chi connectivity index (χ3n) is 3.86. The summed E-state index contributed by atoms with van der Waals surface area (Å²) in [6.07, 6.45) is 0.985. The van der Waals surface area contributed by atoms with Crippen molar-refractivity contribution in [1.29, 1.82) is 0 Å². The molecule has 1 aromatic rings. The Labute approximate surface area is 129 Å². The fourth-order valence-electron chi connectivity index (χ4n) is 2.94. The quantitative estimate of drug-likeness (QED) is 0.867. The minimum absolute atomic E-state index is 0.0884. The van der Waals surface area contributed by atoms with E-state index in [1.54, 1.807) is 0 Å². The summed E-state index contributed by atoms with van der Waals surface area (Å²) in [7, 11) is 0. The second-order valence-electron chi connectivity index (χ2n) is 7.57. The van der Waals surface area contributed by atoms with Crippen LogP contribution in [0.1, 0.15) is 48.0 Å². The van der Waals surface area contributed by atoms with Crippen LogP contribution in [-0.4, -0.2) is 23.9 Å². The van der Waals surface area contributed by atoms with Gasteiger partial charge in [-0.2, -0.15) is 0 Å². The highest BCUT2D eigenvalue weighted by molar-refractivity contribution is 5.57. The normalized spacial score (nSPS) is 23.3. The van der Waals surface area contributed by atoms with Crippen molar-refractivity contribution in [3.8, 4) is 5.75 Å². The first-order valence-electron chi connectivity index (χ1n) is 7.88. The van der Waals surface area contributed by atoms with Gasteiger partial charge in [-0.15, -0.1) is 0 Å². The van der Waals surface area contributed by atoms with E-state index in [2.05, 4.69) is 52.9 Å². The minimum atomic E-state index is -0.186. The molecule has 0 aliphatic carbocycles. The first kappa shape index (κ1) is 16.2. The van der Waals surface area contributed by atoms with Crippen LogP contribution in [0.5, 0.6) is 5.75 Å². The fraction of sp³-hybridized carbons (Fsp3) is 0.667. The molecule has 1 saturated heterocycles. The largest absolute Gasteiger partial charge is 0.491 e. The summed E-state index contributed by atoms with van der Waals surface area (Å²) in [6.45, 7) is 13.6. The Balaban J connectivity index is 2.12. The molecule has 1 unspecified atom stereocenters. The lowest BCUT2D eigenvalue weighted by Crippen LogP contribution is -2.38. The first-order chi connectivity index (χ1) is 9.70. The molecule has 1 aromatic carbocycles. The molecule has 1 aliphatic heterocycles. The van der Waals surface area contributed by atoms with Crippen LogP contribution in [0.2, 0.25) is 0 Å². The first-order valence-corrected chi connectivity index (χ1v) is 7.88. The van der Waals surface area contributed by atoms with Gasteiger partial charge in [0.25, 0.3) is 0 Å². The molecule has 0 amide bonds. The van der Waals surface area contributed by atoms with Crippen LogP contribution in [0.4, 0.5) is 5.69 Å². The Morgan fingerprint density at radius 2 is 1.90 bits per heavy atom. The molecule has 0 bridgehead atoms. The number of hydrogen-bond donors (Lipinski definition) is 1. The van der Waals surface area contributed by atoms with Crippen molar-refractivity contribution in [2.45, 2.75) is 65.2 Å². The van der Waals surface area contributed by atoms with Gasteiger partial charge in [-0.1, -0.05) is 26.0 Å². The molecule has 0 spiro atoms. The molecule has 0 saturated carbocycles. The van der Waals surface area contributed by atoms with Gasteiger partial charge in [0.2, 0.25) is 0 Å². The summed E-state index contributed by atoms with van der Waals surface area (Å²) in [5.74, 6) is 1.44. The summed E-state index contributed by atoms with van der Waals surface area (Å²) < 4.78 is 12.1. The van der Waals surface area contributed by atoms with E-state index in [-0.39, 0.29) is 17.2 Å². The molecule has 3 nitrogen and oxygen atoms in total. The minimum Gasteiger partial charge on any atom is -0.491 e. The van der Waals surface area contributed by atoms with Gasteiger partial charge in [-0.05, 0) is 52.2 Å². The lowest BCUT2D eigenvalue weighted by Gasteiger charge is -2.29. The van der Waals surface area contributed by atoms with Crippen LogP contribution in [0, 0.1) is 5.92 Å². The Kier molecular flexibility index (Phi) is 4.52. The van der Waals surface area contributed by atoms with Crippen molar-refractivity contribution >= 4 is 5.69 Å². The molecule has 1 N–H and O–H groups in total. The van der Waals surface area contributed by atoms with Gasteiger partial charge in [0.1, 0.15) is 5.75 Å². The van der Waals surface area contributed by atoms with E-state index < -0.39 is 0 Å². The highest BCUT2D eigenvalue weighted by Crippen LogP contribution is 2.40. The third kappa shape index (κ3) is 4.13. The number of benzene rings is 1. The van der Waals surface area contributed by atoms with Crippen LogP contribution >= 0.6 is 0 Å². The SMILES string of the molecule is CC(C)COc1ccccc1NC1CC(C)(C)OC1(C)C. The summed E-state index contributed by atoms with van der Waals surface area (Å²) in [5.41, 5.74) is 0.779. The fourth-order valence-corrected chi connectivity index (χ4v) is 2.94. The Hall–Kier alpha value is -1.22. The number of para-hydroxylation sites is 2. The summed E-state index contributed by atoms with van der Waals surface area (Å²) in [4.78, 5) is 0. The molecular formula is C18H29NO2. The van der Waals surface area contributed by atoms with Crippen molar-refractivity contribution in [2.75, 3.05) is 11.9 Å². The van der Waals surface area contributed by atoms with Crippen LogP contribution in [0.15, 0.2) is 24.3 Å².